The summed E-state index contributed by atoms with van der Waals surface area (Å²) in [5, 5.41) is 0. The van der Waals surface area contributed by atoms with E-state index in [1.165, 1.54) is 17.0 Å². The second-order valence-corrected chi connectivity index (χ2v) is 4.71. The Labute approximate surface area is 121 Å². The van der Waals surface area contributed by atoms with Crippen molar-refractivity contribution in [2.45, 2.75) is 13.5 Å². The van der Waals surface area contributed by atoms with Crippen molar-refractivity contribution in [3.05, 3.63) is 65.1 Å². The van der Waals surface area contributed by atoms with Crippen LogP contribution in [0, 0.1) is 18.6 Å². The number of amides is 1. The number of rotatable bonds is 4. The number of hydrogen-bond donors (Lipinski definition) is 0. The minimum Gasteiger partial charge on any atom is -0.462 e. The molecule has 1 aromatic carbocycles. The molecule has 2 aromatic rings. The molecule has 0 radical (unpaired) electrons. The minimum absolute atomic E-state index is 0.0620. The van der Waals surface area contributed by atoms with Crippen LogP contribution in [-0.2, 0) is 11.3 Å². The lowest BCUT2D eigenvalue weighted by Crippen LogP contribution is -2.24. The first-order valence-electron chi connectivity index (χ1n) is 6.39. The second kappa shape index (κ2) is 6.35. The molecule has 0 unspecified atom stereocenters. The number of carbonyl (C=O) groups is 1. The standard InChI is InChI=1S/C16H15F2NO2/c1-11-3-6-14(21-11)7-8-16(20)19(2)10-12-4-5-13(17)9-15(12)18/h3-9H,10H2,1-2H3/b8-7+. The van der Waals surface area contributed by atoms with E-state index in [-0.39, 0.29) is 18.0 Å². The molecule has 2 rings (SSSR count). The fourth-order valence-corrected chi connectivity index (χ4v) is 1.81. The average Bonchev–Trinajstić information content (AvgIpc) is 2.85. The summed E-state index contributed by atoms with van der Waals surface area (Å²) in [4.78, 5) is 13.2. The van der Waals surface area contributed by atoms with E-state index in [0.717, 1.165) is 17.9 Å². The Hall–Kier alpha value is -2.43. The maximum absolute atomic E-state index is 13.5. The molecule has 0 aliphatic heterocycles. The molecule has 1 amide bonds. The van der Waals surface area contributed by atoms with E-state index in [1.54, 1.807) is 25.3 Å². The Kier molecular flexibility index (Phi) is 4.52. The van der Waals surface area contributed by atoms with Crippen molar-refractivity contribution in [1.29, 1.82) is 0 Å². The Morgan fingerprint density at radius 3 is 2.67 bits per heavy atom. The maximum atomic E-state index is 13.5. The number of carbonyl (C=O) groups excluding carboxylic acids is 1. The van der Waals surface area contributed by atoms with Gasteiger partial charge in [0.25, 0.3) is 0 Å². The molecule has 0 N–H and O–H groups in total. The summed E-state index contributed by atoms with van der Waals surface area (Å²) in [6, 6.07) is 6.84. The van der Waals surface area contributed by atoms with E-state index in [9.17, 15) is 13.6 Å². The van der Waals surface area contributed by atoms with Gasteiger partial charge in [-0.1, -0.05) is 6.07 Å². The zero-order valence-electron chi connectivity index (χ0n) is 11.8. The lowest BCUT2D eigenvalue weighted by molar-refractivity contribution is -0.125. The van der Waals surface area contributed by atoms with Crippen molar-refractivity contribution in [3.8, 4) is 0 Å². The van der Waals surface area contributed by atoms with Gasteiger partial charge in [0.1, 0.15) is 23.2 Å². The van der Waals surface area contributed by atoms with Crippen molar-refractivity contribution in [3.63, 3.8) is 0 Å². The number of likely N-dealkylation sites (N-methyl/N-ethyl adjacent to an activating group) is 1. The molecule has 0 atom stereocenters. The van der Waals surface area contributed by atoms with Gasteiger partial charge in [-0.15, -0.1) is 0 Å². The molecular weight excluding hydrogens is 276 g/mol. The van der Waals surface area contributed by atoms with Crippen molar-refractivity contribution in [1.82, 2.24) is 4.90 Å². The van der Waals surface area contributed by atoms with Crippen LogP contribution < -0.4 is 0 Å². The number of halogens is 2. The smallest absolute Gasteiger partial charge is 0.246 e. The summed E-state index contributed by atoms with van der Waals surface area (Å²) >= 11 is 0. The SMILES string of the molecule is Cc1ccc(/C=C/C(=O)N(C)Cc2ccc(F)cc2F)o1. The van der Waals surface area contributed by atoms with E-state index in [1.807, 2.05) is 6.92 Å². The average molecular weight is 291 g/mol. The maximum Gasteiger partial charge on any atom is 0.246 e. The largest absolute Gasteiger partial charge is 0.462 e. The molecule has 0 saturated heterocycles. The molecule has 110 valence electrons. The summed E-state index contributed by atoms with van der Waals surface area (Å²) in [6.45, 7) is 1.87. The highest BCUT2D eigenvalue weighted by atomic mass is 19.1. The third-order valence-corrected chi connectivity index (χ3v) is 2.95. The summed E-state index contributed by atoms with van der Waals surface area (Å²) in [5.74, 6) is -0.280. The van der Waals surface area contributed by atoms with Gasteiger partial charge >= 0.3 is 0 Å². The summed E-state index contributed by atoms with van der Waals surface area (Å²) < 4.78 is 31.6. The zero-order valence-corrected chi connectivity index (χ0v) is 11.8. The van der Waals surface area contributed by atoms with Gasteiger partial charge in [-0.05, 0) is 31.2 Å². The third-order valence-electron chi connectivity index (χ3n) is 2.95. The van der Waals surface area contributed by atoms with Crippen LogP contribution in [-0.4, -0.2) is 17.9 Å². The Bertz CT molecular complexity index is 677. The molecule has 1 heterocycles. The van der Waals surface area contributed by atoms with Gasteiger partial charge in [0.2, 0.25) is 5.91 Å². The molecule has 1 aromatic heterocycles. The van der Waals surface area contributed by atoms with Crippen molar-refractivity contribution in [2.24, 2.45) is 0 Å². The zero-order chi connectivity index (χ0) is 15.4. The highest BCUT2D eigenvalue weighted by Gasteiger charge is 2.10. The fourth-order valence-electron chi connectivity index (χ4n) is 1.81. The molecular formula is C16H15F2NO2. The van der Waals surface area contributed by atoms with Crippen LogP contribution >= 0.6 is 0 Å². The molecule has 3 nitrogen and oxygen atoms in total. The van der Waals surface area contributed by atoms with E-state index >= 15 is 0 Å². The lowest BCUT2D eigenvalue weighted by atomic mass is 10.2. The normalized spacial score (nSPS) is 11.0. The number of benzene rings is 1. The molecule has 0 bridgehead atoms. The Balaban J connectivity index is 2.00. The van der Waals surface area contributed by atoms with Gasteiger partial charge in [-0.25, -0.2) is 8.78 Å². The third kappa shape index (κ3) is 4.02. The van der Waals surface area contributed by atoms with Crippen LogP contribution in [0.2, 0.25) is 0 Å². The van der Waals surface area contributed by atoms with E-state index in [0.29, 0.717) is 5.76 Å². The summed E-state index contributed by atoms with van der Waals surface area (Å²) in [6.07, 6.45) is 2.90. The van der Waals surface area contributed by atoms with Crippen LogP contribution in [0.25, 0.3) is 6.08 Å². The summed E-state index contributed by atoms with van der Waals surface area (Å²) in [5.41, 5.74) is 0.259. The molecule has 0 aliphatic carbocycles. The van der Waals surface area contributed by atoms with Crippen LogP contribution in [0.3, 0.4) is 0 Å². The first-order chi connectivity index (χ1) is 9.95. The van der Waals surface area contributed by atoms with Gasteiger partial charge in [0.15, 0.2) is 0 Å². The number of nitrogens with zero attached hydrogens (tertiary/aromatic N) is 1. The lowest BCUT2D eigenvalue weighted by Gasteiger charge is -2.15. The number of hydrogen-bond acceptors (Lipinski definition) is 2. The predicted molar refractivity (Wildman–Crippen MR) is 75.3 cm³/mol. The van der Waals surface area contributed by atoms with Crippen molar-refractivity contribution < 1.29 is 18.0 Å². The van der Waals surface area contributed by atoms with E-state index < -0.39 is 11.6 Å². The molecule has 0 fully saturated rings. The number of aryl methyl sites for hydroxylation is 1. The van der Waals surface area contributed by atoms with Crippen LogP contribution in [0.15, 0.2) is 40.8 Å². The topological polar surface area (TPSA) is 33.5 Å². The molecule has 5 heteroatoms. The van der Waals surface area contributed by atoms with Gasteiger partial charge in [-0.2, -0.15) is 0 Å². The van der Waals surface area contributed by atoms with E-state index in [4.69, 9.17) is 4.42 Å². The highest BCUT2D eigenvalue weighted by molar-refractivity contribution is 5.91. The summed E-state index contributed by atoms with van der Waals surface area (Å²) in [7, 11) is 1.54. The van der Waals surface area contributed by atoms with Gasteiger partial charge < -0.3 is 9.32 Å². The van der Waals surface area contributed by atoms with Gasteiger partial charge in [-0.3, -0.25) is 4.79 Å². The fraction of sp³-hybridized carbons (Fsp3) is 0.188. The minimum atomic E-state index is -0.666. The van der Waals surface area contributed by atoms with Gasteiger partial charge in [0.05, 0.1) is 0 Å². The van der Waals surface area contributed by atoms with Crippen LogP contribution in [0.1, 0.15) is 17.1 Å². The highest BCUT2D eigenvalue weighted by Crippen LogP contribution is 2.12. The molecule has 0 saturated carbocycles. The van der Waals surface area contributed by atoms with Crippen molar-refractivity contribution >= 4 is 12.0 Å². The second-order valence-electron chi connectivity index (χ2n) is 4.71. The molecule has 0 aliphatic rings. The van der Waals surface area contributed by atoms with Crippen LogP contribution in [0.4, 0.5) is 8.78 Å². The van der Waals surface area contributed by atoms with Crippen molar-refractivity contribution in [2.75, 3.05) is 7.05 Å². The predicted octanol–water partition coefficient (Wildman–Crippen LogP) is 3.54. The van der Waals surface area contributed by atoms with Crippen LogP contribution in [0.5, 0.6) is 0 Å². The van der Waals surface area contributed by atoms with E-state index in [2.05, 4.69) is 0 Å². The molecule has 21 heavy (non-hydrogen) atoms. The first-order valence-corrected chi connectivity index (χ1v) is 6.39. The Morgan fingerprint density at radius 2 is 2.05 bits per heavy atom. The molecule has 0 spiro atoms. The Morgan fingerprint density at radius 1 is 1.29 bits per heavy atom. The number of furan rings is 1. The quantitative estimate of drug-likeness (QED) is 0.807. The first kappa shape index (κ1) is 15.0. The monoisotopic (exact) mass is 291 g/mol. The van der Waals surface area contributed by atoms with Gasteiger partial charge in [0, 0.05) is 31.3 Å².